The van der Waals surface area contributed by atoms with Gasteiger partial charge in [0.1, 0.15) is 0 Å². The number of esters is 1. The van der Waals surface area contributed by atoms with Crippen LogP contribution in [0.1, 0.15) is 31.7 Å². The van der Waals surface area contributed by atoms with Crippen LogP contribution in [-0.2, 0) is 9.53 Å². The van der Waals surface area contributed by atoms with Gasteiger partial charge in [0.2, 0.25) is 0 Å². The smallest absolute Gasteiger partial charge is 0.330 e. The Labute approximate surface area is 96.9 Å². The van der Waals surface area contributed by atoms with Crippen molar-refractivity contribution >= 4 is 12.0 Å². The van der Waals surface area contributed by atoms with Gasteiger partial charge in [-0.1, -0.05) is 50.1 Å². The van der Waals surface area contributed by atoms with E-state index >= 15 is 0 Å². The lowest BCUT2D eigenvalue weighted by Crippen LogP contribution is -2.01. The fourth-order valence-corrected chi connectivity index (χ4v) is 1.30. The minimum absolute atomic E-state index is 0.264. The fourth-order valence-electron chi connectivity index (χ4n) is 1.30. The molecule has 0 aliphatic heterocycles. The van der Waals surface area contributed by atoms with Crippen molar-refractivity contribution in [1.82, 2.24) is 0 Å². The molecule has 2 heteroatoms. The lowest BCUT2D eigenvalue weighted by atomic mass is 10.2. The summed E-state index contributed by atoms with van der Waals surface area (Å²) in [5.41, 5.74) is 1.01. The molecule has 1 rings (SSSR count). The van der Waals surface area contributed by atoms with Crippen molar-refractivity contribution in [3.63, 3.8) is 0 Å². The first-order valence-electron chi connectivity index (χ1n) is 5.73. The Kier molecular flexibility index (Phi) is 6.00. The van der Waals surface area contributed by atoms with Crippen molar-refractivity contribution in [2.75, 3.05) is 6.61 Å². The molecule has 1 aromatic carbocycles. The van der Waals surface area contributed by atoms with Crippen molar-refractivity contribution in [3.8, 4) is 0 Å². The molecule has 0 fully saturated rings. The van der Waals surface area contributed by atoms with Crippen molar-refractivity contribution in [2.45, 2.75) is 26.2 Å². The standard InChI is InChI=1S/C14H18O2/c1-2-3-7-12-16-14(15)11-10-13-8-5-4-6-9-13/h4-6,8-11H,2-3,7,12H2,1H3/b11-10-. The number of unbranched alkanes of at least 4 members (excludes halogenated alkanes) is 2. The highest BCUT2D eigenvalue weighted by atomic mass is 16.5. The normalized spacial score (nSPS) is 10.6. The van der Waals surface area contributed by atoms with Gasteiger partial charge in [0.05, 0.1) is 6.61 Å². The van der Waals surface area contributed by atoms with E-state index in [9.17, 15) is 4.79 Å². The molecule has 0 heterocycles. The largest absolute Gasteiger partial charge is 0.463 e. The highest BCUT2D eigenvalue weighted by molar-refractivity contribution is 5.86. The van der Waals surface area contributed by atoms with E-state index in [2.05, 4.69) is 6.92 Å². The van der Waals surface area contributed by atoms with Crippen molar-refractivity contribution in [3.05, 3.63) is 42.0 Å². The van der Waals surface area contributed by atoms with Crippen LogP contribution in [0.5, 0.6) is 0 Å². The van der Waals surface area contributed by atoms with Crippen LogP contribution < -0.4 is 0 Å². The minimum Gasteiger partial charge on any atom is -0.463 e. The summed E-state index contributed by atoms with van der Waals surface area (Å²) in [6, 6.07) is 9.71. The molecule has 0 spiro atoms. The lowest BCUT2D eigenvalue weighted by molar-refractivity contribution is -0.137. The third-order valence-corrected chi connectivity index (χ3v) is 2.20. The van der Waals surface area contributed by atoms with Crippen LogP contribution in [-0.4, -0.2) is 12.6 Å². The van der Waals surface area contributed by atoms with Gasteiger partial charge in [-0.2, -0.15) is 0 Å². The van der Waals surface area contributed by atoms with E-state index in [1.165, 1.54) is 6.08 Å². The van der Waals surface area contributed by atoms with Crippen molar-refractivity contribution in [1.29, 1.82) is 0 Å². The van der Waals surface area contributed by atoms with Gasteiger partial charge in [-0.05, 0) is 18.1 Å². The van der Waals surface area contributed by atoms with Gasteiger partial charge < -0.3 is 4.74 Å². The number of carbonyl (C=O) groups excluding carboxylic acids is 1. The number of hydrogen-bond acceptors (Lipinski definition) is 2. The van der Waals surface area contributed by atoms with Crippen LogP contribution in [0.2, 0.25) is 0 Å². The van der Waals surface area contributed by atoms with Crippen LogP contribution >= 0.6 is 0 Å². The van der Waals surface area contributed by atoms with E-state index < -0.39 is 0 Å². The molecule has 86 valence electrons. The van der Waals surface area contributed by atoms with Crippen LogP contribution in [0, 0.1) is 0 Å². The van der Waals surface area contributed by atoms with E-state index in [1.54, 1.807) is 6.08 Å². The van der Waals surface area contributed by atoms with E-state index in [1.807, 2.05) is 30.3 Å². The summed E-state index contributed by atoms with van der Waals surface area (Å²) in [6.45, 7) is 2.64. The van der Waals surface area contributed by atoms with Gasteiger partial charge in [0.15, 0.2) is 0 Å². The van der Waals surface area contributed by atoms with Crippen LogP contribution in [0.4, 0.5) is 0 Å². The summed E-state index contributed by atoms with van der Waals surface area (Å²) in [5, 5.41) is 0. The SMILES string of the molecule is CCCCCOC(=O)/C=C\c1ccccc1. The molecule has 0 N–H and O–H groups in total. The highest BCUT2D eigenvalue weighted by Gasteiger charge is 1.95. The summed E-state index contributed by atoms with van der Waals surface area (Å²) in [6.07, 6.45) is 6.43. The quantitative estimate of drug-likeness (QED) is 0.415. The molecule has 0 amide bonds. The molecule has 2 nitrogen and oxygen atoms in total. The molecular weight excluding hydrogens is 200 g/mol. The van der Waals surface area contributed by atoms with E-state index in [-0.39, 0.29) is 5.97 Å². The molecule has 0 aliphatic carbocycles. The molecule has 0 saturated heterocycles. The molecule has 0 radical (unpaired) electrons. The van der Waals surface area contributed by atoms with Gasteiger partial charge in [-0.25, -0.2) is 4.79 Å². The number of ether oxygens (including phenoxy) is 1. The Morgan fingerprint density at radius 2 is 2.00 bits per heavy atom. The fraction of sp³-hybridized carbons (Fsp3) is 0.357. The Bertz CT molecular complexity index is 328. The Morgan fingerprint density at radius 3 is 2.69 bits per heavy atom. The second-order valence-electron chi connectivity index (χ2n) is 3.62. The molecule has 0 bridgehead atoms. The Balaban J connectivity index is 2.26. The first kappa shape index (κ1) is 12.5. The van der Waals surface area contributed by atoms with Gasteiger partial charge in [-0.3, -0.25) is 0 Å². The topological polar surface area (TPSA) is 26.3 Å². The molecular formula is C14H18O2. The maximum atomic E-state index is 11.3. The highest BCUT2D eigenvalue weighted by Crippen LogP contribution is 2.01. The Morgan fingerprint density at radius 1 is 1.25 bits per heavy atom. The zero-order chi connectivity index (χ0) is 11.6. The predicted molar refractivity (Wildman–Crippen MR) is 66.0 cm³/mol. The maximum absolute atomic E-state index is 11.3. The summed E-state index contributed by atoms with van der Waals surface area (Å²) >= 11 is 0. The molecule has 0 aliphatic rings. The lowest BCUT2D eigenvalue weighted by Gasteiger charge is -2.00. The molecule has 16 heavy (non-hydrogen) atoms. The van der Waals surface area contributed by atoms with Gasteiger partial charge in [0, 0.05) is 6.08 Å². The average molecular weight is 218 g/mol. The number of benzene rings is 1. The minimum atomic E-state index is -0.264. The second kappa shape index (κ2) is 7.69. The summed E-state index contributed by atoms with van der Waals surface area (Å²) < 4.78 is 5.04. The van der Waals surface area contributed by atoms with Gasteiger partial charge in [-0.15, -0.1) is 0 Å². The monoisotopic (exact) mass is 218 g/mol. The van der Waals surface area contributed by atoms with Gasteiger partial charge >= 0.3 is 5.97 Å². The third-order valence-electron chi connectivity index (χ3n) is 2.20. The van der Waals surface area contributed by atoms with Gasteiger partial charge in [0.25, 0.3) is 0 Å². The number of hydrogen-bond donors (Lipinski definition) is 0. The molecule has 0 saturated carbocycles. The molecule has 0 aromatic heterocycles. The average Bonchev–Trinajstić information content (AvgIpc) is 2.33. The molecule has 1 aromatic rings. The first-order chi connectivity index (χ1) is 7.83. The zero-order valence-electron chi connectivity index (χ0n) is 9.69. The van der Waals surface area contributed by atoms with Crippen molar-refractivity contribution in [2.24, 2.45) is 0 Å². The van der Waals surface area contributed by atoms with Crippen LogP contribution in [0.15, 0.2) is 36.4 Å². The third kappa shape index (κ3) is 5.35. The first-order valence-corrected chi connectivity index (χ1v) is 5.73. The summed E-state index contributed by atoms with van der Waals surface area (Å²) in [5.74, 6) is -0.264. The molecule has 0 unspecified atom stereocenters. The van der Waals surface area contributed by atoms with E-state index in [0.29, 0.717) is 6.61 Å². The predicted octanol–water partition coefficient (Wildman–Crippen LogP) is 3.43. The van der Waals surface area contributed by atoms with E-state index in [0.717, 1.165) is 24.8 Å². The molecule has 0 atom stereocenters. The summed E-state index contributed by atoms with van der Waals surface area (Å²) in [7, 11) is 0. The van der Waals surface area contributed by atoms with Crippen LogP contribution in [0.3, 0.4) is 0 Å². The van der Waals surface area contributed by atoms with E-state index in [4.69, 9.17) is 4.74 Å². The Hall–Kier alpha value is -1.57. The summed E-state index contributed by atoms with van der Waals surface area (Å²) in [4.78, 5) is 11.3. The second-order valence-corrected chi connectivity index (χ2v) is 3.62. The van der Waals surface area contributed by atoms with Crippen LogP contribution in [0.25, 0.3) is 6.08 Å². The number of carbonyl (C=O) groups is 1. The zero-order valence-corrected chi connectivity index (χ0v) is 9.69. The number of rotatable bonds is 6. The maximum Gasteiger partial charge on any atom is 0.330 e. The van der Waals surface area contributed by atoms with Crippen molar-refractivity contribution < 1.29 is 9.53 Å².